The van der Waals surface area contributed by atoms with Gasteiger partial charge in [0.05, 0.1) is 0 Å². The zero-order chi connectivity index (χ0) is 25.6. The number of ether oxygens (including phenoxy) is 1. The molecule has 2 aliphatic rings. The summed E-state index contributed by atoms with van der Waals surface area (Å²) < 4.78 is 5.38. The lowest BCUT2D eigenvalue weighted by Crippen LogP contribution is -2.58. The van der Waals surface area contributed by atoms with Gasteiger partial charge in [0.15, 0.2) is 0 Å². The molecular formula is C27H41N3O4S. The van der Waals surface area contributed by atoms with Crippen LogP contribution in [0.2, 0.25) is 0 Å². The van der Waals surface area contributed by atoms with E-state index in [-0.39, 0.29) is 29.7 Å². The van der Waals surface area contributed by atoms with Gasteiger partial charge >= 0.3 is 6.09 Å². The zero-order valence-corrected chi connectivity index (χ0v) is 22.4. The minimum atomic E-state index is -0.900. The van der Waals surface area contributed by atoms with Gasteiger partial charge in [-0.15, -0.1) is 0 Å². The van der Waals surface area contributed by atoms with Gasteiger partial charge in [-0.3, -0.25) is 9.59 Å². The summed E-state index contributed by atoms with van der Waals surface area (Å²) in [6.45, 7) is 7.28. The van der Waals surface area contributed by atoms with E-state index in [1.54, 1.807) is 25.7 Å². The van der Waals surface area contributed by atoms with Gasteiger partial charge in [-0.2, -0.15) is 12.6 Å². The number of carbonyl (C=O) groups is 3. The Labute approximate surface area is 215 Å². The SMILES string of the molecule is Cc1ccccc1C(C(=O)NC1CCCCC1)N(C(=O)C(CS)NC(=O)OC(C)(C)C)C1CCC1. The van der Waals surface area contributed by atoms with Gasteiger partial charge in [0.1, 0.15) is 17.7 Å². The normalized spacial score (nSPS) is 18.7. The van der Waals surface area contributed by atoms with E-state index in [9.17, 15) is 14.4 Å². The Hall–Kier alpha value is -2.22. The van der Waals surface area contributed by atoms with Crippen LogP contribution in [0, 0.1) is 6.92 Å². The number of alkyl carbamates (subject to hydrolysis) is 1. The predicted molar refractivity (Wildman–Crippen MR) is 140 cm³/mol. The molecule has 2 atom stereocenters. The summed E-state index contributed by atoms with van der Waals surface area (Å²) in [5.74, 6) is -0.351. The van der Waals surface area contributed by atoms with Crippen LogP contribution < -0.4 is 10.6 Å². The highest BCUT2D eigenvalue weighted by molar-refractivity contribution is 7.80. The zero-order valence-electron chi connectivity index (χ0n) is 21.5. The number of nitrogens with zero attached hydrogens (tertiary/aromatic N) is 1. The van der Waals surface area contributed by atoms with E-state index in [0.29, 0.717) is 0 Å². The Bertz CT molecular complexity index is 891. The molecule has 2 unspecified atom stereocenters. The van der Waals surface area contributed by atoms with Gasteiger partial charge in [0.25, 0.3) is 0 Å². The van der Waals surface area contributed by atoms with Gasteiger partial charge in [-0.05, 0) is 70.9 Å². The summed E-state index contributed by atoms with van der Waals surface area (Å²) in [5.41, 5.74) is 1.08. The number of rotatable bonds is 8. The summed E-state index contributed by atoms with van der Waals surface area (Å²) >= 11 is 4.37. The van der Waals surface area contributed by atoms with Crippen LogP contribution in [0.1, 0.15) is 89.3 Å². The van der Waals surface area contributed by atoms with Crippen molar-refractivity contribution in [2.45, 2.75) is 109 Å². The van der Waals surface area contributed by atoms with E-state index in [4.69, 9.17) is 4.74 Å². The Morgan fingerprint density at radius 1 is 1.06 bits per heavy atom. The first kappa shape index (κ1) is 27.4. The molecule has 194 valence electrons. The molecule has 0 aliphatic heterocycles. The lowest BCUT2D eigenvalue weighted by atomic mass is 9.87. The molecule has 2 saturated carbocycles. The first-order valence-corrected chi connectivity index (χ1v) is 13.5. The highest BCUT2D eigenvalue weighted by Gasteiger charge is 2.42. The molecule has 8 heteroatoms. The third-order valence-electron chi connectivity index (χ3n) is 6.86. The van der Waals surface area contributed by atoms with Crippen LogP contribution in [0.3, 0.4) is 0 Å². The van der Waals surface area contributed by atoms with Gasteiger partial charge in [0.2, 0.25) is 11.8 Å². The van der Waals surface area contributed by atoms with E-state index in [1.165, 1.54) is 6.42 Å². The maximum Gasteiger partial charge on any atom is 0.408 e. The smallest absolute Gasteiger partial charge is 0.408 e. The largest absolute Gasteiger partial charge is 0.444 e. The molecule has 1 aromatic carbocycles. The monoisotopic (exact) mass is 503 g/mol. The number of aryl methyl sites for hydroxylation is 1. The first-order chi connectivity index (χ1) is 16.6. The molecule has 3 amide bonds. The molecule has 3 rings (SSSR count). The molecule has 2 N–H and O–H groups in total. The van der Waals surface area contributed by atoms with Crippen molar-refractivity contribution in [2.75, 3.05) is 5.75 Å². The lowest BCUT2D eigenvalue weighted by molar-refractivity contribution is -0.147. The number of amides is 3. The van der Waals surface area contributed by atoms with Crippen molar-refractivity contribution in [1.29, 1.82) is 0 Å². The van der Waals surface area contributed by atoms with Crippen molar-refractivity contribution in [3.8, 4) is 0 Å². The van der Waals surface area contributed by atoms with Crippen molar-refractivity contribution in [2.24, 2.45) is 0 Å². The Morgan fingerprint density at radius 2 is 1.71 bits per heavy atom. The Kier molecular flexibility index (Phi) is 9.50. The maximum atomic E-state index is 14.0. The second-order valence-corrected chi connectivity index (χ2v) is 11.2. The second-order valence-electron chi connectivity index (χ2n) is 10.8. The average molecular weight is 504 g/mol. The number of thiol groups is 1. The molecule has 0 radical (unpaired) electrons. The fourth-order valence-electron chi connectivity index (χ4n) is 4.84. The molecule has 2 aliphatic carbocycles. The quantitative estimate of drug-likeness (QED) is 0.449. The summed E-state index contributed by atoms with van der Waals surface area (Å²) in [7, 11) is 0. The van der Waals surface area contributed by atoms with Crippen LogP contribution in [0.5, 0.6) is 0 Å². The third-order valence-corrected chi connectivity index (χ3v) is 7.22. The fourth-order valence-corrected chi connectivity index (χ4v) is 5.08. The topological polar surface area (TPSA) is 87.7 Å². The summed E-state index contributed by atoms with van der Waals surface area (Å²) in [6, 6.07) is 6.13. The van der Waals surface area contributed by atoms with Crippen LogP contribution in [0.4, 0.5) is 4.79 Å². The number of hydrogen-bond donors (Lipinski definition) is 3. The molecule has 2 fully saturated rings. The lowest BCUT2D eigenvalue weighted by Gasteiger charge is -2.44. The minimum absolute atomic E-state index is 0.0629. The molecule has 0 spiro atoms. The number of benzene rings is 1. The number of hydrogen-bond acceptors (Lipinski definition) is 5. The maximum absolute atomic E-state index is 14.0. The van der Waals surface area contributed by atoms with Crippen molar-refractivity contribution < 1.29 is 19.1 Å². The first-order valence-electron chi connectivity index (χ1n) is 12.9. The molecule has 35 heavy (non-hydrogen) atoms. The van der Waals surface area contributed by atoms with Crippen molar-refractivity contribution >= 4 is 30.5 Å². The molecule has 1 aromatic rings. The van der Waals surface area contributed by atoms with Gasteiger partial charge in [-0.25, -0.2) is 4.79 Å². The van der Waals surface area contributed by atoms with Crippen LogP contribution in [0.15, 0.2) is 24.3 Å². The van der Waals surface area contributed by atoms with Crippen LogP contribution >= 0.6 is 12.6 Å². The molecule has 7 nitrogen and oxygen atoms in total. The highest BCUT2D eigenvalue weighted by atomic mass is 32.1. The number of carbonyl (C=O) groups excluding carboxylic acids is 3. The van der Waals surface area contributed by atoms with E-state index in [0.717, 1.165) is 56.1 Å². The summed E-state index contributed by atoms with van der Waals surface area (Å²) in [4.78, 5) is 42.0. The van der Waals surface area contributed by atoms with Crippen LogP contribution in [-0.4, -0.2) is 52.3 Å². The van der Waals surface area contributed by atoms with E-state index >= 15 is 0 Å². The number of nitrogens with one attached hydrogen (secondary N) is 2. The van der Waals surface area contributed by atoms with E-state index < -0.39 is 23.8 Å². The summed E-state index contributed by atoms with van der Waals surface area (Å²) in [5, 5.41) is 5.94. The molecule has 0 saturated heterocycles. The molecule has 0 heterocycles. The molecule has 0 aromatic heterocycles. The molecular weight excluding hydrogens is 462 g/mol. The van der Waals surface area contributed by atoms with Crippen LogP contribution in [-0.2, 0) is 14.3 Å². The Balaban J connectivity index is 1.92. The fraction of sp³-hybridized carbons (Fsp3) is 0.667. The minimum Gasteiger partial charge on any atom is -0.444 e. The Morgan fingerprint density at radius 3 is 2.26 bits per heavy atom. The predicted octanol–water partition coefficient (Wildman–Crippen LogP) is 4.69. The average Bonchev–Trinajstić information content (AvgIpc) is 2.76. The van der Waals surface area contributed by atoms with Crippen molar-refractivity contribution in [3.63, 3.8) is 0 Å². The standard InChI is InChI=1S/C27H41N3O4S/c1-18-11-8-9-16-21(18)23(24(31)28-19-12-6-5-7-13-19)30(20-14-10-15-20)25(32)22(17-35)29-26(33)34-27(2,3)4/h8-9,11,16,19-20,22-23,35H,5-7,10,12-15,17H2,1-4H3,(H,28,31)(H,29,33). The van der Waals surface area contributed by atoms with E-state index in [1.807, 2.05) is 31.2 Å². The van der Waals surface area contributed by atoms with Gasteiger partial charge in [0, 0.05) is 17.8 Å². The highest BCUT2D eigenvalue weighted by Crippen LogP contribution is 2.35. The summed E-state index contributed by atoms with van der Waals surface area (Å²) in [6.07, 6.45) is 7.32. The third kappa shape index (κ3) is 7.38. The second kappa shape index (κ2) is 12.2. The van der Waals surface area contributed by atoms with Crippen molar-refractivity contribution in [3.05, 3.63) is 35.4 Å². The van der Waals surface area contributed by atoms with Gasteiger partial charge in [-0.1, -0.05) is 43.5 Å². The van der Waals surface area contributed by atoms with Gasteiger partial charge < -0.3 is 20.3 Å². The van der Waals surface area contributed by atoms with Crippen molar-refractivity contribution in [1.82, 2.24) is 15.5 Å². The molecule has 0 bridgehead atoms. The van der Waals surface area contributed by atoms with E-state index in [2.05, 4.69) is 23.3 Å². The van der Waals surface area contributed by atoms with Crippen LogP contribution in [0.25, 0.3) is 0 Å².